The largest absolute Gasteiger partial charge is 0.368 e. The highest BCUT2D eigenvalue weighted by atomic mass is 32.2. The maximum absolute atomic E-state index is 12.5. The number of thioether (sulfide) groups is 1. The van der Waals surface area contributed by atoms with Gasteiger partial charge in [0.1, 0.15) is 5.82 Å². The molecule has 1 atom stereocenters. The van der Waals surface area contributed by atoms with Gasteiger partial charge in [0.05, 0.1) is 11.9 Å². The number of likely N-dealkylation sites (tertiary alicyclic amines) is 1. The van der Waals surface area contributed by atoms with Gasteiger partial charge in [-0.25, -0.2) is 9.50 Å². The summed E-state index contributed by atoms with van der Waals surface area (Å²) in [4.78, 5) is 19.3. The number of nitrogens with zero attached hydrogens (tertiary/aromatic N) is 4. The van der Waals surface area contributed by atoms with E-state index in [1.807, 2.05) is 47.1 Å². The zero-order chi connectivity index (χ0) is 20.9. The Bertz CT molecular complexity index is 1000. The molecule has 1 aliphatic heterocycles. The molecule has 0 aliphatic carbocycles. The van der Waals surface area contributed by atoms with Crippen LogP contribution in [0.2, 0.25) is 0 Å². The number of imidazole rings is 1. The van der Waals surface area contributed by atoms with E-state index in [4.69, 9.17) is 0 Å². The first kappa shape index (κ1) is 20.7. The second-order valence-electron chi connectivity index (χ2n) is 7.62. The molecule has 1 fully saturated rings. The summed E-state index contributed by atoms with van der Waals surface area (Å²) in [6, 6.07) is 12.0. The number of likely N-dealkylation sites (N-methyl/N-ethyl adjacent to an activating group) is 1. The van der Waals surface area contributed by atoms with E-state index in [0.717, 1.165) is 48.0 Å². The Kier molecular flexibility index (Phi) is 6.54. The molecule has 8 heteroatoms. The van der Waals surface area contributed by atoms with E-state index in [0.29, 0.717) is 18.2 Å². The van der Waals surface area contributed by atoms with Crippen LogP contribution in [0.5, 0.6) is 0 Å². The van der Waals surface area contributed by atoms with Crippen molar-refractivity contribution in [3.05, 3.63) is 48.2 Å². The SMILES string of the molecule is CSCCNc1ccc2ncc(-c3ccc(C(=O)NCC4CCCN4C)cc3)n2n1. The van der Waals surface area contributed by atoms with Gasteiger partial charge in [-0.2, -0.15) is 11.8 Å². The van der Waals surface area contributed by atoms with Gasteiger partial charge < -0.3 is 15.5 Å². The fraction of sp³-hybridized carbons (Fsp3) is 0.409. The fourth-order valence-corrected chi connectivity index (χ4v) is 4.09. The number of nitrogens with one attached hydrogen (secondary N) is 2. The molecule has 0 bridgehead atoms. The number of anilines is 1. The molecule has 1 unspecified atom stereocenters. The van der Waals surface area contributed by atoms with Crippen molar-refractivity contribution in [2.45, 2.75) is 18.9 Å². The molecule has 0 saturated carbocycles. The summed E-state index contributed by atoms with van der Waals surface area (Å²) in [6.45, 7) is 2.67. The van der Waals surface area contributed by atoms with Crippen LogP contribution in [0, 0.1) is 0 Å². The Morgan fingerprint density at radius 3 is 2.80 bits per heavy atom. The molecule has 1 saturated heterocycles. The standard InChI is InChI=1S/C22H28N6OS/c1-27-12-3-4-18(27)14-25-22(29)17-7-5-16(6-8-17)19-15-24-21-10-9-20(26-28(19)21)23-11-13-30-2/h5-10,15,18H,3-4,11-14H2,1-2H3,(H,23,26)(H,25,29). The Labute approximate surface area is 181 Å². The van der Waals surface area contributed by atoms with Crippen molar-refractivity contribution in [3.8, 4) is 11.3 Å². The number of hydrogen-bond donors (Lipinski definition) is 2. The van der Waals surface area contributed by atoms with Gasteiger partial charge in [-0.05, 0) is 57.0 Å². The molecule has 3 heterocycles. The van der Waals surface area contributed by atoms with Crippen LogP contribution in [-0.2, 0) is 0 Å². The minimum absolute atomic E-state index is 0.0293. The van der Waals surface area contributed by atoms with Crippen molar-refractivity contribution in [3.63, 3.8) is 0 Å². The van der Waals surface area contributed by atoms with Gasteiger partial charge in [-0.1, -0.05) is 12.1 Å². The van der Waals surface area contributed by atoms with E-state index >= 15 is 0 Å². The molecule has 2 aromatic heterocycles. The van der Waals surface area contributed by atoms with Gasteiger partial charge in [0, 0.05) is 36.0 Å². The lowest BCUT2D eigenvalue weighted by atomic mass is 10.1. The van der Waals surface area contributed by atoms with Crippen molar-refractivity contribution in [2.24, 2.45) is 0 Å². The summed E-state index contributed by atoms with van der Waals surface area (Å²) in [5.41, 5.74) is 3.34. The van der Waals surface area contributed by atoms with Gasteiger partial charge >= 0.3 is 0 Å². The topological polar surface area (TPSA) is 74.6 Å². The summed E-state index contributed by atoms with van der Waals surface area (Å²) in [7, 11) is 2.12. The maximum Gasteiger partial charge on any atom is 0.251 e. The van der Waals surface area contributed by atoms with Gasteiger partial charge in [-0.3, -0.25) is 4.79 Å². The summed E-state index contributed by atoms with van der Waals surface area (Å²) in [5.74, 6) is 1.82. The Morgan fingerprint density at radius 1 is 1.23 bits per heavy atom. The van der Waals surface area contributed by atoms with Crippen molar-refractivity contribution in [1.29, 1.82) is 0 Å². The number of hydrogen-bond acceptors (Lipinski definition) is 6. The molecule has 30 heavy (non-hydrogen) atoms. The average Bonchev–Trinajstić information content (AvgIpc) is 3.38. The second-order valence-corrected chi connectivity index (χ2v) is 8.60. The fourth-order valence-electron chi connectivity index (χ4n) is 3.79. The van der Waals surface area contributed by atoms with Gasteiger partial charge in [-0.15, -0.1) is 5.10 Å². The van der Waals surface area contributed by atoms with Crippen LogP contribution in [-0.4, -0.2) is 70.1 Å². The molecule has 7 nitrogen and oxygen atoms in total. The maximum atomic E-state index is 12.5. The predicted octanol–water partition coefficient (Wildman–Crippen LogP) is 3.00. The van der Waals surface area contributed by atoms with Crippen LogP contribution in [0.25, 0.3) is 16.9 Å². The summed E-state index contributed by atoms with van der Waals surface area (Å²) in [5, 5.41) is 11.1. The normalized spacial score (nSPS) is 16.8. The highest BCUT2D eigenvalue weighted by Gasteiger charge is 2.21. The minimum atomic E-state index is -0.0293. The van der Waals surface area contributed by atoms with Crippen LogP contribution in [0.15, 0.2) is 42.6 Å². The molecule has 4 rings (SSSR count). The van der Waals surface area contributed by atoms with Crippen LogP contribution in [0.4, 0.5) is 5.82 Å². The number of amides is 1. The van der Waals surface area contributed by atoms with Crippen LogP contribution < -0.4 is 10.6 Å². The van der Waals surface area contributed by atoms with Crippen LogP contribution in [0.3, 0.4) is 0 Å². The second kappa shape index (κ2) is 9.49. The van der Waals surface area contributed by atoms with E-state index < -0.39 is 0 Å². The van der Waals surface area contributed by atoms with Crippen LogP contribution >= 0.6 is 11.8 Å². The van der Waals surface area contributed by atoms with Crippen LogP contribution in [0.1, 0.15) is 23.2 Å². The number of carbonyl (C=O) groups excluding carboxylic acids is 1. The lowest BCUT2D eigenvalue weighted by molar-refractivity contribution is 0.0943. The first-order valence-electron chi connectivity index (χ1n) is 10.3. The number of rotatable bonds is 8. The van der Waals surface area contributed by atoms with E-state index in [-0.39, 0.29) is 5.91 Å². The third-order valence-corrected chi connectivity index (χ3v) is 6.20. The Morgan fingerprint density at radius 2 is 2.07 bits per heavy atom. The highest BCUT2D eigenvalue weighted by molar-refractivity contribution is 7.98. The first-order chi connectivity index (χ1) is 14.7. The summed E-state index contributed by atoms with van der Waals surface area (Å²) < 4.78 is 1.84. The monoisotopic (exact) mass is 424 g/mol. The molecule has 0 radical (unpaired) electrons. The number of aromatic nitrogens is 3. The molecular weight excluding hydrogens is 396 g/mol. The first-order valence-corrected chi connectivity index (χ1v) is 11.7. The van der Waals surface area contributed by atoms with Crippen molar-refractivity contribution >= 4 is 29.1 Å². The third kappa shape index (κ3) is 4.60. The molecule has 0 spiro atoms. The summed E-state index contributed by atoms with van der Waals surface area (Å²) in [6.07, 6.45) is 6.25. The van der Waals surface area contributed by atoms with Crippen molar-refractivity contribution in [1.82, 2.24) is 24.8 Å². The molecule has 3 aromatic rings. The molecule has 1 aliphatic rings. The number of fused-ring (bicyclic) bond motifs is 1. The smallest absolute Gasteiger partial charge is 0.251 e. The predicted molar refractivity (Wildman–Crippen MR) is 123 cm³/mol. The molecular formula is C22H28N6OS. The van der Waals surface area contributed by atoms with E-state index in [9.17, 15) is 4.79 Å². The number of carbonyl (C=O) groups is 1. The molecule has 2 N–H and O–H groups in total. The van der Waals surface area contributed by atoms with Gasteiger partial charge in [0.15, 0.2) is 5.65 Å². The summed E-state index contributed by atoms with van der Waals surface area (Å²) >= 11 is 1.80. The Hall–Kier alpha value is -2.58. The molecule has 1 amide bonds. The highest BCUT2D eigenvalue weighted by Crippen LogP contribution is 2.22. The zero-order valence-corrected chi connectivity index (χ0v) is 18.3. The third-order valence-electron chi connectivity index (χ3n) is 5.59. The zero-order valence-electron chi connectivity index (χ0n) is 17.5. The van der Waals surface area contributed by atoms with Gasteiger partial charge in [0.25, 0.3) is 5.91 Å². The van der Waals surface area contributed by atoms with E-state index in [2.05, 4.69) is 38.9 Å². The number of benzene rings is 1. The lowest BCUT2D eigenvalue weighted by Gasteiger charge is -2.19. The van der Waals surface area contributed by atoms with Crippen molar-refractivity contribution in [2.75, 3.05) is 44.0 Å². The Balaban J connectivity index is 1.46. The van der Waals surface area contributed by atoms with Crippen molar-refractivity contribution < 1.29 is 4.79 Å². The van der Waals surface area contributed by atoms with Gasteiger partial charge in [0.2, 0.25) is 0 Å². The van der Waals surface area contributed by atoms with E-state index in [1.165, 1.54) is 6.42 Å². The average molecular weight is 425 g/mol. The quantitative estimate of drug-likeness (QED) is 0.542. The molecule has 158 valence electrons. The lowest BCUT2D eigenvalue weighted by Crippen LogP contribution is -2.38. The van der Waals surface area contributed by atoms with E-state index in [1.54, 1.807) is 11.8 Å². The molecule has 1 aromatic carbocycles. The minimum Gasteiger partial charge on any atom is -0.368 e.